The molecule has 0 fully saturated rings. The van der Waals surface area contributed by atoms with Crippen molar-refractivity contribution in [2.75, 3.05) is 25.1 Å². The molecule has 19 heavy (non-hydrogen) atoms. The number of carboxylic acids is 1. The highest BCUT2D eigenvalue weighted by atomic mass is 16.5. The number of benzene rings is 1. The molecule has 4 heteroatoms. The van der Waals surface area contributed by atoms with Crippen LogP contribution in [0.3, 0.4) is 0 Å². The van der Waals surface area contributed by atoms with Crippen molar-refractivity contribution in [2.45, 2.75) is 27.2 Å². The van der Waals surface area contributed by atoms with Gasteiger partial charge < -0.3 is 15.2 Å². The van der Waals surface area contributed by atoms with Gasteiger partial charge in [0.25, 0.3) is 0 Å². The standard InChI is InChI=1S/C15H23NO3/c1-11(2)6-8-19-9-7-16-14-5-4-12(3)10-13(14)15(17)18/h4-5,10-11,16H,6-9H2,1-3H3,(H,17,18). The lowest BCUT2D eigenvalue weighted by molar-refractivity contribution is 0.0697. The number of hydrogen-bond donors (Lipinski definition) is 2. The van der Waals surface area contributed by atoms with E-state index in [1.54, 1.807) is 12.1 Å². The summed E-state index contributed by atoms with van der Waals surface area (Å²) in [5, 5.41) is 12.2. The molecule has 0 spiro atoms. The molecule has 2 N–H and O–H groups in total. The van der Waals surface area contributed by atoms with Gasteiger partial charge in [0.1, 0.15) is 0 Å². The lowest BCUT2D eigenvalue weighted by Crippen LogP contribution is -2.13. The van der Waals surface area contributed by atoms with Crippen LogP contribution in [0, 0.1) is 12.8 Å². The van der Waals surface area contributed by atoms with Crippen molar-refractivity contribution in [1.82, 2.24) is 0 Å². The third kappa shape index (κ3) is 5.75. The van der Waals surface area contributed by atoms with Crippen LogP contribution in [0.2, 0.25) is 0 Å². The number of hydrogen-bond acceptors (Lipinski definition) is 3. The van der Waals surface area contributed by atoms with Gasteiger partial charge in [0.2, 0.25) is 0 Å². The number of nitrogens with one attached hydrogen (secondary N) is 1. The Morgan fingerprint density at radius 3 is 2.74 bits per heavy atom. The fourth-order valence-electron chi connectivity index (χ4n) is 1.67. The second-order valence-electron chi connectivity index (χ2n) is 5.08. The Morgan fingerprint density at radius 1 is 1.37 bits per heavy atom. The zero-order valence-corrected chi connectivity index (χ0v) is 11.9. The van der Waals surface area contributed by atoms with Crippen LogP contribution in [-0.4, -0.2) is 30.8 Å². The maximum atomic E-state index is 11.1. The molecule has 1 aromatic rings. The molecule has 0 amide bonds. The number of carboxylic acid groups (broad SMARTS) is 1. The molecule has 1 aromatic carbocycles. The van der Waals surface area contributed by atoms with Crippen LogP contribution in [0.15, 0.2) is 18.2 Å². The quantitative estimate of drug-likeness (QED) is 0.709. The largest absolute Gasteiger partial charge is 0.478 e. The van der Waals surface area contributed by atoms with E-state index < -0.39 is 5.97 Å². The highest BCUT2D eigenvalue weighted by Crippen LogP contribution is 2.17. The van der Waals surface area contributed by atoms with E-state index in [0.717, 1.165) is 18.6 Å². The minimum absolute atomic E-state index is 0.308. The smallest absolute Gasteiger partial charge is 0.337 e. The average molecular weight is 265 g/mol. The Labute approximate surface area is 114 Å². The second kappa shape index (κ2) is 7.79. The van der Waals surface area contributed by atoms with Crippen molar-refractivity contribution in [1.29, 1.82) is 0 Å². The number of anilines is 1. The van der Waals surface area contributed by atoms with E-state index in [1.165, 1.54) is 0 Å². The minimum Gasteiger partial charge on any atom is -0.478 e. The third-order valence-electron chi connectivity index (χ3n) is 2.81. The van der Waals surface area contributed by atoms with Crippen molar-refractivity contribution >= 4 is 11.7 Å². The molecular weight excluding hydrogens is 242 g/mol. The Hall–Kier alpha value is -1.55. The molecule has 0 aliphatic heterocycles. The first-order valence-electron chi connectivity index (χ1n) is 6.66. The topological polar surface area (TPSA) is 58.6 Å². The summed E-state index contributed by atoms with van der Waals surface area (Å²) in [5.41, 5.74) is 1.89. The van der Waals surface area contributed by atoms with Gasteiger partial charge in [-0.05, 0) is 31.4 Å². The summed E-state index contributed by atoms with van der Waals surface area (Å²) in [6.07, 6.45) is 1.05. The van der Waals surface area contributed by atoms with E-state index in [4.69, 9.17) is 9.84 Å². The van der Waals surface area contributed by atoms with E-state index in [9.17, 15) is 4.79 Å². The van der Waals surface area contributed by atoms with E-state index in [-0.39, 0.29) is 0 Å². The minimum atomic E-state index is -0.910. The monoisotopic (exact) mass is 265 g/mol. The molecule has 0 aliphatic rings. The Morgan fingerprint density at radius 2 is 2.11 bits per heavy atom. The number of ether oxygens (including phenoxy) is 1. The first kappa shape index (κ1) is 15.5. The van der Waals surface area contributed by atoms with Gasteiger partial charge in [-0.15, -0.1) is 0 Å². The van der Waals surface area contributed by atoms with Crippen LogP contribution in [0.1, 0.15) is 36.2 Å². The Bertz CT molecular complexity index is 416. The van der Waals surface area contributed by atoms with E-state index in [0.29, 0.717) is 30.3 Å². The Balaban J connectivity index is 2.39. The predicted octanol–water partition coefficient (Wildman–Crippen LogP) is 3.17. The summed E-state index contributed by atoms with van der Waals surface area (Å²) in [7, 11) is 0. The van der Waals surface area contributed by atoms with Gasteiger partial charge in [0.15, 0.2) is 0 Å². The van der Waals surface area contributed by atoms with Crippen molar-refractivity contribution in [3.8, 4) is 0 Å². The summed E-state index contributed by atoms with van der Waals surface area (Å²) in [6.45, 7) is 8.14. The molecule has 0 heterocycles. The number of carbonyl (C=O) groups is 1. The molecule has 106 valence electrons. The van der Waals surface area contributed by atoms with Crippen LogP contribution >= 0.6 is 0 Å². The highest BCUT2D eigenvalue weighted by Gasteiger charge is 2.09. The highest BCUT2D eigenvalue weighted by molar-refractivity contribution is 5.94. The van der Waals surface area contributed by atoms with Gasteiger partial charge in [-0.1, -0.05) is 25.5 Å². The summed E-state index contributed by atoms with van der Waals surface area (Å²) in [4.78, 5) is 11.1. The van der Waals surface area contributed by atoms with Gasteiger partial charge in [-0.3, -0.25) is 0 Å². The maximum Gasteiger partial charge on any atom is 0.337 e. The molecular formula is C15H23NO3. The van der Waals surface area contributed by atoms with E-state index in [2.05, 4.69) is 19.2 Å². The van der Waals surface area contributed by atoms with Crippen molar-refractivity contribution in [2.24, 2.45) is 5.92 Å². The van der Waals surface area contributed by atoms with Crippen molar-refractivity contribution < 1.29 is 14.6 Å². The van der Waals surface area contributed by atoms with E-state index >= 15 is 0 Å². The van der Waals surface area contributed by atoms with Crippen LogP contribution in [0.25, 0.3) is 0 Å². The van der Waals surface area contributed by atoms with Gasteiger partial charge in [-0.2, -0.15) is 0 Å². The second-order valence-corrected chi connectivity index (χ2v) is 5.08. The molecule has 0 aromatic heterocycles. The van der Waals surface area contributed by atoms with Gasteiger partial charge in [-0.25, -0.2) is 4.79 Å². The SMILES string of the molecule is Cc1ccc(NCCOCCC(C)C)c(C(=O)O)c1. The maximum absolute atomic E-state index is 11.1. The van der Waals surface area contributed by atoms with Crippen LogP contribution in [0.5, 0.6) is 0 Å². The number of rotatable bonds is 8. The molecule has 1 rings (SSSR count). The zero-order valence-electron chi connectivity index (χ0n) is 11.9. The van der Waals surface area contributed by atoms with Crippen LogP contribution in [0.4, 0.5) is 5.69 Å². The fraction of sp³-hybridized carbons (Fsp3) is 0.533. The van der Waals surface area contributed by atoms with Crippen molar-refractivity contribution in [3.63, 3.8) is 0 Å². The molecule has 4 nitrogen and oxygen atoms in total. The molecule has 0 saturated heterocycles. The first-order valence-corrected chi connectivity index (χ1v) is 6.66. The van der Waals surface area contributed by atoms with Gasteiger partial charge in [0, 0.05) is 18.8 Å². The van der Waals surface area contributed by atoms with Crippen molar-refractivity contribution in [3.05, 3.63) is 29.3 Å². The predicted molar refractivity (Wildman–Crippen MR) is 76.9 cm³/mol. The van der Waals surface area contributed by atoms with Crippen LogP contribution < -0.4 is 5.32 Å². The number of aryl methyl sites for hydroxylation is 1. The van der Waals surface area contributed by atoms with Gasteiger partial charge >= 0.3 is 5.97 Å². The normalized spacial score (nSPS) is 10.7. The lowest BCUT2D eigenvalue weighted by atomic mass is 10.1. The van der Waals surface area contributed by atoms with Crippen LogP contribution in [-0.2, 0) is 4.74 Å². The van der Waals surface area contributed by atoms with E-state index in [1.807, 2.05) is 13.0 Å². The summed E-state index contributed by atoms with van der Waals surface area (Å²) >= 11 is 0. The first-order chi connectivity index (χ1) is 9.00. The number of aromatic carboxylic acids is 1. The molecule has 0 unspecified atom stereocenters. The average Bonchev–Trinajstić information content (AvgIpc) is 2.34. The zero-order chi connectivity index (χ0) is 14.3. The fourth-order valence-corrected chi connectivity index (χ4v) is 1.67. The molecule has 0 radical (unpaired) electrons. The third-order valence-corrected chi connectivity index (χ3v) is 2.81. The summed E-state index contributed by atoms with van der Waals surface area (Å²) < 4.78 is 5.48. The lowest BCUT2D eigenvalue weighted by Gasteiger charge is -2.11. The molecule has 0 aliphatic carbocycles. The molecule has 0 saturated carbocycles. The summed E-state index contributed by atoms with van der Waals surface area (Å²) in [5.74, 6) is -0.268. The van der Waals surface area contributed by atoms with Gasteiger partial charge in [0.05, 0.1) is 12.2 Å². The summed E-state index contributed by atoms with van der Waals surface area (Å²) in [6, 6.07) is 5.37. The Kier molecular flexibility index (Phi) is 6.36. The molecule has 0 atom stereocenters. The molecule has 0 bridgehead atoms.